The number of hydrogen-bond donors (Lipinski definition) is 0. The van der Waals surface area contributed by atoms with E-state index in [-0.39, 0.29) is 36.7 Å². The first-order valence-electron chi connectivity index (χ1n) is 10.0. The van der Waals surface area contributed by atoms with Gasteiger partial charge in [-0.1, -0.05) is 24.3 Å². The normalized spacial score (nSPS) is 13.7. The van der Waals surface area contributed by atoms with Crippen molar-refractivity contribution < 1.29 is 33.3 Å². The van der Waals surface area contributed by atoms with Gasteiger partial charge in [-0.3, -0.25) is 0 Å². The third-order valence-electron chi connectivity index (χ3n) is 4.79. The summed E-state index contributed by atoms with van der Waals surface area (Å²) in [5.74, 6) is -1.70. The van der Waals surface area contributed by atoms with Crippen LogP contribution in [0.25, 0.3) is 11.1 Å². The van der Waals surface area contributed by atoms with Crippen LogP contribution in [-0.4, -0.2) is 51.6 Å². The van der Waals surface area contributed by atoms with Crippen molar-refractivity contribution in [1.29, 1.82) is 0 Å². The van der Waals surface area contributed by atoms with Gasteiger partial charge in [0.2, 0.25) is 0 Å². The van der Waals surface area contributed by atoms with E-state index in [1.165, 1.54) is 14.2 Å². The number of ether oxygens (including phenoxy) is 4. The number of anilines is 1. The van der Waals surface area contributed by atoms with Crippen LogP contribution in [-0.2, 0) is 28.5 Å². The average molecular weight is 439 g/mol. The van der Waals surface area contributed by atoms with Gasteiger partial charge >= 0.3 is 17.9 Å². The Hall–Kier alpha value is -3.65. The molecule has 0 spiro atoms. The first-order valence-corrected chi connectivity index (χ1v) is 10.0. The molecular weight excluding hydrogens is 414 g/mol. The van der Waals surface area contributed by atoms with Gasteiger partial charge in [-0.15, -0.1) is 0 Å². The molecule has 0 fully saturated rings. The summed E-state index contributed by atoms with van der Waals surface area (Å²) in [7, 11) is 2.49. The predicted octanol–water partition coefficient (Wildman–Crippen LogP) is 3.31. The van der Waals surface area contributed by atoms with E-state index >= 15 is 0 Å². The summed E-state index contributed by atoms with van der Waals surface area (Å²) < 4.78 is 20.4. The molecule has 2 aromatic rings. The molecule has 0 radical (unpaired) electrons. The molecule has 0 unspecified atom stereocenters. The minimum Gasteiger partial charge on any atom is -0.466 e. The van der Waals surface area contributed by atoms with Crippen molar-refractivity contribution in [1.82, 2.24) is 0 Å². The lowest BCUT2D eigenvalue weighted by Gasteiger charge is -2.31. The molecule has 0 aliphatic carbocycles. The molecule has 0 atom stereocenters. The van der Waals surface area contributed by atoms with E-state index in [4.69, 9.17) is 18.9 Å². The van der Waals surface area contributed by atoms with Gasteiger partial charge in [-0.05, 0) is 49.2 Å². The lowest BCUT2D eigenvalue weighted by atomic mass is 10.0. The van der Waals surface area contributed by atoms with Gasteiger partial charge in [0.1, 0.15) is 12.4 Å². The summed E-state index contributed by atoms with van der Waals surface area (Å²) in [6, 6.07) is 14.4. The first-order chi connectivity index (χ1) is 15.3. The number of carbonyl (C=O) groups is 3. The number of carbonyl (C=O) groups excluding carboxylic acids is 3. The quantitative estimate of drug-likeness (QED) is 0.500. The van der Waals surface area contributed by atoms with Crippen LogP contribution in [0, 0.1) is 0 Å². The number of rotatable bonds is 6. The van der Waals surface area contributed by atoms with Gasteiger partial charge < -0.3 is 23.8 Å². The lowest BCUT2D eigenvalue weighted by molar-refractivity contribution is -0.140. The third kappa shape index (κ3) is 4.97. The topological polar surface area (TPSA) is 91.4 Å². The monoisotopic (exact) mass is 439 g/mol. The summed E-state index contributed by atoms with van der Waals surface area (Å²) in [5.41, 5.74) is 2.97. The van der Waals surface area contributed by atoms with E-state index in [1.807, 2.05) is 30.3 Å². The Morgan fingerprint density at radius 3 is 2.22 bits per heavy atom. The van der Waals surface area contributed by atoms with Crippen LogP contribution < -0.4 is 4.90 Å². The zero-order chi connectivity index (χ0) is 23.3. The smallest absolute Gasteiger partial charge is 0.355 e. The van der Waals surface area contributed by atoms with Gasteiger partial charge in [0, 0.05) is 5.69 Å². The third-order valence-corrected chi connectivity index (χ3v) is 4.79. The van der Waals surface area contributed by atoms with Crippen LogP contribution in [0.1, 0.15) is 24.2 Å². The standard InChI is InChI=1S/C24H25NO7/c1-15(2)32-22(26)17-10-8-16(9-11-17)18-6-5-7-19(12-18)25-14-31-13-20(23(27)29-3)21(25)24(28)30-4/h5-12,15H,13-14H2,1-4H3. The van der Waals surface area contributed by atoms with E-state index in [0.29, 0.717) is 11.3 Å². The van der Waals surface area contributed by atoms with Crippen LogP contribution in [0.5, 0.6) is 0 Å². The van der Waals surface area contributed by atoms with Crippen molar-refractivity contribution in [3.8, 4) is 11.1 Å². The van der Waals surface area contributed by atoms with E-state index in [1.54, 1.807) is 36.9 Å². The van der Waals surface area contributed by atoms with Crippen molar-refractivity contribution in [3.63, 3.8) is 0 Å². The molecule has 1 heterocycles. The maximum atomic E-state index is 12.5. The minimum absolute atomic E-state index is 0.0543. The summed E-state index contributed by atoms with van der Waals surface area (Å²) in [6.45, 7) is 3.60. The summed E-state index contributed by atoms with van der Waals surface area (Å²) in [4.78, 5) is 38.3. The van der Waals surface area contributed by atoms with Gasteiger partial charge in [0.15, 0.2) is 0 Å². The molecule has 0 amide bonds. The number of nitrogens with zero attached hydrogens (tertiary/aromatic N) is 1. The molecule has 0 saturated heterocycles. The Kier molecular flexibility index (Phi) is 7.27. The molecule has 0 aromatic heterocycles. The Balaban J connectivity index is 1.95. The van der Waals surface area contributed by atoms with Crippen molar-refractivity contribution >= 4 is 23.6 Å². The molecule has 0 saturated carbocycles. The van der Waals surface area contributed by atoms with Crippen molar-refractivity contribution in [2.24, 2.45) is 0 Å². The van der Waals surface area contributed by atoms with E-state index < -0.39 is 11.9 Å². The van der Waals surface area contributed by atoms with Crippen molar-refractivity contribution in [2.75, 3.05) is 32.5 Å². The SMILES string of the molecule is COC(=O)C1=C(C(=O)OC)N(c2cccc(-c3ccc(C(=O)OC(C)C)cc3)c2)COC1. The lowest BCUT2D eigenvalue weighted by Crippen LogP contribution is -2.38. The van der Waals surface area contributed by atoms with Crippen molar-refractivity contribution in [2.45, 2.75) is 20.0 Å². The minimum atomic E-state index is -0.660. The molecule has 2 aromatic carbocycles. The number of hydrogen-bond acceptors (Lipinski definition) is 8. The number of methoxy groups -OCH3 is 2. The van der Waals surface area contributed by atoms with E-state index in [9.17, 15) is 14.4 Å². The Bertz CT molecular complexity index is 1040. The summed E-state index contributed by atoms with van der Waals surface area (Å²) in [5, 5.41) is 0. The van der Waals surface area contributed by atoms with Crippen LogP contribution in [0.4, 0.5) is 5.69 Å². The van der Waals surface area contributed by atoms with E-state index in [2.05, 4.69) is 0 Å². The summed E-state index contributed by atoms with van der Waals surface area (Å²) >= 11 is 0. The fraction of sp³-hybridized carbons (Fsp3) is 0.292. The second kappa shape index (κ2) is 10.1. The molecule has 8 nitrogen and oxygen atoms in total. The highest BCUT2D eigenvalue weighted by atomic mass is 16.5. The second-order valence-electron chi connectivity index (χ2n) is 7.30. The molecule has 1 aliphatic heterocycles. The molecule has 0 N–H and O–H groups in total. The van der Waals surface area contributed by atoms with Gasteiger partial charge in [0.05, 0.1) is 38.1 Å². The molecule has 3 rings (SSSR count). The molecule has 1 aliphatic rings. The highest BCUT2D eigenvalue weighted by molar-refractivity contribution is 6.03. The first kappa shape index (κ1) is 23.0. The van der Waals surface area contributed by atoms with Crippen LogP contribution in [0.2, 0.25) is 0 Å². The van der Waals surface area contributed by atoms with Crippen LogP contribution >= 0.6 is 0 Å². The van der Waals surface area contributed by atoms with Gasteiger partial charge in [-0.25, -0.2) is 14.4 Å². The maximum Gasteiger partial charge on any atom is 0.355 e. The highest BCUT2D eigenvalue weighted by Gasteiger charge is 2.32. The number of esters is 3. The Morgan fingerprint density at radius 1 is 0.906 bits per heavy atom. The fourth-order valence-corrected chi connectivity index (χ4v) is 3.28. The zero-order valence-electron chi connectivity index (χ0n) is 18.4. The molecule has 0 bridgehead atoms. The predicted molar refractivity (Wildman–Crippen MR) is 117 cm³/mol. The van der Waals surface area contributed by atoms with Gasteiger partial charge in [0.25, 0.3) is 0 Å². The zero-order valence-corrected chi connectivity index (χ0v) is 18.4. The Morgan fingerprint density at radius 2 is 1.59 bits per heavy atom. The average Bonchev–Trinajstić information content (AvgIpc) is 2.82. The molecule has 32 heavy (non-hydrogen) atoms. The van der Waals surface area contributed by atoms with Crippen LogP contribution in [0.3, 0.4) is 0 Å². The fourth-order valence-electron chi connectivity index (χ4n) is 3.28. The second-order valence-corrected chi connectivity index (χ2v) is 7.30. The number of benzene rings is 2. The highest BCUT2D eigenvalue weighted by Crippen LogP contribution is 2.30. The van der Waals surface area contributed by atoms with Crippen LogP contribution in [0.15, 0.2) is 59.8 Å². The van der Waals surface area contributed by atoms with Crippen molar-refractivity contribution in [3.05, 3.63) is 65.4 Å². The molecular formula is C24H25NO7. The van der Waals surface area contributed by atoms with Gasteiger partial charge in [-0.2, -0.15) is 0 Å². The Labute approximate surface area is 186 Å². The molecule has 168 valence electrons. The largest absolute Gasteiger partial charge is 0.466 e. The summed E-state index contributed by atoms with van der Waals surface area (Å²) in [6.07, 6.45) is -0.197. The maximum absolute atomic E-state index is 12.5. The molecule has 8 heteroatoms. The van der Waals surface area contributed by atoms with E-state index in [0.717, 1.165) is 11.1 Å².